The van der Waals surface area contributed by atoms with Crippen molar-refractivity contribution in [3.05, 3.63) is 0 Å². The number of rotatable bonds is 4. The molecular formula is C7H15N3O4S. The van der Waals surface area contributed by atoms with Gasteiger partial charge in [-0.25, -0.2) is 4.79 Å². The van der Waals surface area contributed by atoms with Gasteiger partial charge >= 0.3 is 5.97 Å². The van der Waals surface area contributed by atoms with E-state index in [0.717, 1.165) is 0 Å². The lowest BCUT2D eigenvalue weighted by molar-refractivity contribution is -0.140. The second-order valence-electron chi connectivity index (χ2n) is 2.44. The number of primary amides is 1. The SMILES string of the molecule is CC(=O)NC(CS)C(=O)O.NCC(N)=O. The number of hydrogen-bond acceptors (Lipinski definition) is 5. The number of nitrogens with one attached hydrogen (secondary N) is 1. The normalized spacial score (nSPS) is 10.6. The Kier molecular flexibility index (Phi) is 10.0. The minimum atomic E-state index is -1.06. The fraction of sp³-hybridized carbons (Fsp3) is 0.571. The van der Waals surface area contributed by atoms with Crippen LogP contribution in [0, 0.1) is 0 Å². The van der Waals surface area contributed by atoms with Gasteiger partial charge in [0.05, 0.1) is 6.54 Å². The number of carbonyl (C=O) groups excluding carboxylic acids is 2. The molecule has 0 saturated carbocycles. The second kappa shape index (κ2) is 9.28. The molecule has 0 heterocycles. The minimum Gasteiger partial charge on any atom is -0.480 e. The fourth-order valence-corrected chi connectivity index (χ4v) is 0.678. The average Bonchev–Trinajstić information content (AvgIpc) is 2.14. The Balaban J connectivity index is 0. The first-order valence-electron chi connectivity index (χ1n) is 3.94. The summed E-state index contributed by atoms with van der Waals surface area (Å²) < 4.78 is 0. The summed E-state index contributed by atoms with van der Waals surface area (Å²) in [6.45, 7) is 1.21. The van der Waals surface area contributed by atoms with Gasteiger partial charge in [-0.15, -0.1) is 0 Å². The molecule has 0 bridgehead atoms. The number of aliphatic carboxylic acids is 1. The monoisotopic (exact) mass is 237 g/mol. The van der Waals surface area contributed by atoms with E-state index in [1.807, 2.05) is 0 Å². The van der Waals surface area contributed by atoms with Crippen LogP contribution >= 0.6 is 12.6 Å². The molecule has 0 rings (SSSR count). The summed E-state index contributed by atoms with van der Waals surface area (Å²) in [5, 5.41) is 10.6. The molecule has 0 aromatic carbocycles. The van der Waals surface area contributed by atoms with Gasteiger partial charge in [0, 0.05) is 12.7 Å². The van der Waals surface area contributed by atoms with Crippen LogP contribution in [0.4, 0.5) is 0 Å². The molecule has 8 heteroatoms. The number of carbonyl (C=O) groups is 3. The first-order chi connectivity index (χ1) is 6.84. The molecule has 2 amide bonds. The molecule has 0 aliphatic heterocycles. The van der Waals surface area contributed by atoms with Gasteiger partial charge in [-0.2, -0.15) is 12.6 Å². The van der Waals surface area contributed by atoms with Crippen molar-refractivity contribution in [2.24, 2.45) is 11.5 Å². The quantitative estimate of drug-likeness (QED) is 0.358. The zero-order valence-electron chi connectivity index (χ0n) is 8.27. The van der Waals surface area contributed by atoms with E-state index in [4.69, 9.17) is 10.8 Å². The summed E-state index contributed by atoms with van der Waals surface area (Å²) in [5.74, 6) is -1.79. The maximum atomic E-state index is 10.3. The van der Waals surface area contributed by atoms with Crippen molar-refractivity contribution in [1.82, 2.24) is 5.32 Å². The summed E-state index contributed by atoms with van der Waals surface area (Å²) in [7, 11) is 0. The summed E-state index contributed by atoms with van der Waals surface area (Å²) in [6, 6.07) is -0.874. The van der Waals surface area contributed by atoms with Gasteiger partial charge in [0.25, 0.3) is 0 Å². The average molecular weight is 237 g/mol. The predicted octanol–water partition coefficient (Wildman–Crippen LogP) is -2.06. The summed E-state index contributed by atoms with van der Waals surface area (Å²) in [5.41, 5.74) is 9.22. The van der Waals surface area contributed by atoms with E-state index in [0.29, 0.717) is 0 Å². The molecule has 6 N–H and O–H groups in total. The predicted molar refractivity (Wildman–Crippen MR) is 57.3 cm³/mol. The van der Waals surface area contributed by atoms with Crippen LogP contribution in [-0.2, 0) is 14.4 Å². The van der Waals surface area contributed by atoms with Crippen LogP contribution in [0.15, 0.2) is 0 Å². The van der Waals surface area contributed by atoms with Gasteiger partial charge in [0.15, 0.2) is 0 Å². The van der Waals surface area contributed by atoms with Crippen molar-refractivity contribution in [3.63, 3.8) is 0 Å². The summed E-state index contributed by atoms with van der Waals surface area (Å²) in [6.07, 6.45) is 0. The van der Waals surface area contributed by atoms with Crippen molar-refractivity contribution in [2.75, 3.05) is 12.3 Å². The lowest BCUT2D eigenvalue weighted by Crippen LogP contribution is -2.40. The zero-order chi connectivity index (χ0) is 12.4. The maximum absolute atomic E-state index is 10.3. The van der Waals surface area contributed by atoms with Gasteiger partial charge < -0.3 is 21.9 Å². The van der Waals surface area contributed by atoms with Gasteiger partial charge in [0.1, 0.15) is 6.04 Å². The fourth-order valence-electron chi connectivity index (χ4n) is 0.431. The van der Waals surface area contributed by atoms with Crippen molar-refractivity contribution in [3.8, 4) is 0 Å². The van der Waals surface area contributed by atoms with E-state index >= 15 is 0 Å². The van der Waals surface area contributed by atoms with E-state index in [2.05, 4.69) is 23.7 Å². The molecule has 7 nitrogen and oxygen atoms in total. The molecule has 1 unspecified atom stereocenters. The van der Waals surface area contributed by atoms with Crippen LogP contribution in [0.1, 0.15) is 6.92 Å². The molecule has 15 heavy (non-hydrogen) atoms. The molecular weight excluding hydrogens is 222 g/mol. The van der Waals surface area contributed by atoms with E-state index in [1.54, 1.807) is 0 Å². The van der Waals surface area contributed by atoms with E-state index in [1.165, 1.54) is 6.92 Å². The minimum absolute atomic E-state index is 0.0556. The highest BCUT2D eigenvalue weighted by Gasteiger charge is 2.15. The first kappa shape index (κ1) is 16.2. The second-order valence-corrected chi connectivity index (χ2v) is 2.81. The molecule has 0 aliphatic carbocycles. The smallest absolute Gasteiger partial charge is 0.327 e. The molecule has 1 atom stereocenters. The Morgan fingerprint density at radius 2 is 1.87 bits per heavy atom. The Bertz CT molecular complexity index is 234. The lowest BCUT2D eigenvalue weighted by Gasteiger charge is -2.08. The molecule has 0 aliphatic rings. The van der Waals surface area contributed by atoms with Crippen molar-refractivity contribution in [1.29, 1.82) is 0 Å². The molecule has 0 spiro atoms. The Morgan fingerprint density at radius 1 is 1.47 bits per heavy atom. The lowest BCUT2D eigenvalue weighted by atomic mass is 10.3. The number of hydrogen-bond donors (Lipinski definition) is 5. The standard InChI is InChI=1S/C5H9NO3S.C2H6N2O/c1-3(7)6-4(2-10)5(8)9;3-1-2(4)5/h4,10H,2H2,1H3,(H,6,7)(H,8,9);1,3H2,(H2,4,5). The van der Waals surface area contributed by atoms with Gasteiger partial charge in [-0.3, -0.25) is 9.59 Å². The van der Waals surface area contributed by atoms with Crippen LogP contribution in [0.5, 0.6) is 0 Å². The van der Waals surface area contributed by atoms with Gasteiger partial charge in [-0.1, -0.05) is 0 Å². The Hall–Kier alpha value is -1.28. The zero-order valence-corrected chi connectivity index (χ0v) is 9.16. The summed E-state index contributed by atoms with van der Waals surface area (Å²) in [4.78, 5) is 30.0. The number of thiol groups is 1. The Labute approximate surface area is 92.6 Å². The molecule has 0 saturated heterocycles. The molecule has 0 aromatic heterocycles. The van der Waals surface area contributed by atoms with Crippen LogP contribution in [0.2, 0.25) is 0 Å². The third-order valence-electron chi connectivity index (χ3n) is 1.06. The number of nitrogens with two attached hydrogens (primary N) is 2. The number of amides is 2. The highest BCUT2D eigenvalue weighted by Crippen LogP contribution is 1.86. The largest absolute Gasteiger partial charge is 0.480 e. The first-order valence-corrected chi connectivity index (χ1v) is 4.57. The number of carboxylic acids is 1. The molecule has 0 aromatic rings. The Morgan fingerprint density at radius 3 is 1.93 bits per heavy atom. The van der Waals surface area contributed by atoms with Crippen LogP contribution in [-0.4, -0.2) is 41.2 Å². The van der Waals surface area contributed by atoms with Crippen molar-refractivity contribution < 1.29 is 19.5 Å². The van der Waals surface area contributed by atoms with Crippen LogP contribution in [0.25, 0.3) is 0 Å². The molecule has 0 fully saturated rings. The summed E-state index contributed by atoms with van der Waals surface area (Å²) >= 11 is 3.73. The third kappa shape index (κ3) is 12.7. The van der Waals surface area contributed by atoms with E-state index in [9.17, 15) is 14.4 Å². The highest BCUT2D eigenvalue weighted by atomic mass is 32.1. The van der Waals surface area contributed by atoms with Gasteiger partial charge in [0.2, 0.25) is 11.8 Å². The van der Waals surface area contributed by atoms with E-state index < -0.39 is 17.9 Å². The maximum Gasteiger partial charge on any atom is 0.327 e. The highest BCUT2D eigenvalue weighted by molar-refractivity contribution is 7.80. The van der Waals surface area contributed by atoms with Crippen LogP contribution < -0.4 is 16.8 Å². The molecule has 88 valence electrons. The topological polar surface area (TPSA) is 136 Å². The van der Waals surface area contributed by atoms with Crippen LogP contribution in [0.3, 0.4) is 0 Å². The number of carboxylic acid groups (broad SMARTS) is 1. The van der Waals surface area contributed by atoms with E-state index in [-0.39, 0.29) is 18.2 Å². The third-order valence-corrected chi connectivity index (χ3v) is 1.42. The molecule has 0 radical (unpaired) electrons. The van der Waals surface area contributed by atoms with Crippen molar-refractivity contribution in [2.45, 2.75) is 13.0 Å². The van der Waals surface area contributed by atoms with Gasteiger partial charge in [-0.05, 0) is 0 Å². The van der Waals surface area contributed by atoms with Crippen molar-refractivity contribution >= 4 is 30.4 Å².